The van der Waals surface area contributed by atoms with Gasteiger partial charge in [0.05, 0.1) is 0 Å². The van der Waals surface area contributed by atoms with Crippen molar-refractivity contribution in [1.82, 2.24) is 0 Å². The number of carboxylic acids is 2. The van der Waals surface area contributed by atoms with Crippen molar-refractivity contribution in [3.8, 4) is 0 Å². The molecule has 0 aliphatic carbocycles. The van der Waals surface area contributed by atoms with Gasteiger partial charge in [-0.1, -0.05) is 0 Å². The van der Waals surface area contributed by atoms with Gasteiger partial charge in [0.15, 0.2) is 0 Å². The minimum atomic E-state index is -2.30. The number of aliphatic carboxylic acids is 2. The van der Waals surface area contributed by atoms with Crippen LogP contribution in [0.5, 0.6) is 0 Å². The zero-order valence-electron chi connectivity index (χ0n) is 4.11. The SMILES string of the molecule is O=C(O)C(O)C(=O)O.[Mn]. The minimum Gasteiger partial charge on any atom is -0.479 e. The smallest absolute Gasteiger partial charge is 0.344 e. The maximum atomic E-state index is 9.51. The molecule has 5 nitrogen and oxygen atoms in total. The molecule has 0 amide bonds. The largest absolute Gasteiger partial charge is 0.479 e. The molecule has 0 heterocycles. The molecular weight excluding hydrogens is 171 g/mol. The van der Waals surface area contributed by atoms with Crippen LogP contribution in [0.3, 0.4) is 0 Å². The van der Waals surface area contributed by atoms with Crippen LogP contribution in [0.2, 0.25) is 0 Å². The maximum absolute atomic E-state index is 9.51. The summed E-state index contributed by atoms with van der Waals surface area (Å²) in [7, 11) is 0. The van der Waals surface area contributed by atoms with Crippen molar-refractivity contribution in [2.24, 2.45) is 0 Å². The van der Waals surface area contributed by atoms with E-state index in [9.17, 15) is 9.59 Å². The average molecular weight is 175 g/mol. The molecular formula is C3H4MnO5. The van der Waals surface area contributed by atoms with E-state index in [-0.39, 0.29) is 17.1 Å². The van der Waals surface area contributed by atoms with E-state index in [4.69, 9.17) is 15.3 Å². The Hall–Kier alpha value is -0.581. The van der Waals surface area contributed by atoms with Gasteiger partial charge in [0.2, 0.25) is 6.10 Å². The number of aliphatic hydroxyl groups excluding tert-OH is 1. The second-order valence-corrected chi connectivity index (χ2v) is 1.08. The summed E-state index contributed by atoms with van der Waals surface area (Å²) in [5.41, 5.74) is 0. The summed E-state index contributed by atoms with van der Waals surface area (Å²) in [5, 5.41) is 23.4. The Morgan fingerprint density at radius 2 is 1.33 bits per heavy atom. The zero-order chi connectivity index (χ0) is 6.73. The molecule has 0 aromatic carbocycles. The van der Waals surface area contributed by atoms with Gasteiger partial charge in [0.1, 0.15) is 0 Å². The summed E-state index contributed by atoms with van der Waals surface area (Å²) in [6.45, 7) is 0. The molecule has 1 radical (unpaired) electrons. The third-order valence-electron chi connectivity index (χ3n) is 0.468. The van der Waals surface area contributed by atoms with Crippen LogP contribution >= 0.6 is 0 Å². The van der Waals surface area contributed by atoms with Gasteiger partial charge in [-0.2, -0.15) is 0 Å². The van der Waals surface area contributed by atoms with Crippen LogP contribution < -0.4 is 0 Å². The van der Waals surface area contributed by atoms with Gasteiger partial charge in [-0.05, 0) is 0 Å². The van der Waals surface area contributed by atoms with Gasteiger partial charge in [-0.3, -0.25) is 0 Å². The molecule has 6 heteroatoms. The second kappa shape index (κ2) is 4.31. The Labute approximate surface area is 60.8 Å². The average Bonchev–Trinajstić information content (AvgIpc) is 1.64. The Bertz CT molecular complexity index is 107. The van der Waals surface area contributed by atoms with Gasteiger partial charge >= 0.3 is 11.9 Å². The van der Waals surface area contributed by atoms with E-state index in [1.54, 1.807) is 0 Å². The minimum absolute atomic E-state index is 0. The van der Waals surface area contributed by atoms with E-state index in [1.165, 1.54) is 0 Å². The molecule has 0 unspecified atom stereocenters. The van der Waals surface area contributed by atoms with Crippen molar-refractivity contribution in [2.45, 2.75) is 6.10 Å². The Balaban J connectivity index is 0. The monoisotopic (exact) mass is 175 g/mol. The third-order valence-corrected chi connectivity index (χ3v) is 0.468. The van der Waals surface area contributed by atoms with Crippen LogP contribution in [0, 0.1) is 0 Å². The zero-order valence-corrected chi connectivity index (χ0v) is 5.29. The van der Waals surface area contributed by atoms with Crippen LogP contribution in [-0.2, 0) is 26.7 Å². The molecule has 9 heavy (non-hydrogen) atoms. The van der Waals surface area contributed by atoms with Crippen molar-refractivity contribution in [2.75, 3.05) is 0 Å². The molecule has 0 fully saturated rings. The number of hydrogen-bond donors (Lipinski definition) is 3. The first kappa shape index (κ1) is 11.2. The van der Waals surface area contributed by atoms with Gasteiger partial charge in [0, 0.05) is 17.1 Å². The predicted molar refractivity (Wildman–Crippen MR) is 21.3 cm³/mol. The molecule has 0 aliphatic rings. The molecule has 0 spiro atoms. The van der Waals surface area contributed by atoms with Gasteiger partial charge < -0.3 is 15.3 Å². The van der Waals surface area contributed by atoms with Crippen molar-refractivity contribution in [3.63, 3.8) is 0 Å². The number of hydrogen-bond acceptors (Lipinski definition) is 3. The molecule has 0 bridgehead atoms. The van der Waals surface area contributed by atoms with E-state index in [2.05, 4.69) is 0 Å². The third kappa shape index (κ3) is 3.96. The standard InChI is InChI=1S/C3H4O5.Mn/c4-1(2(5)6)3(7)8;/h1,4H,(H,5,6)(H,7,8);. The van der Waals surface area contributed by atoms with Crippen LogP contribution in [0.1, 0.15) is 0 Å². The van der Waals surface area contributed by atoms with Crippen LogP contribution in [0.15, 0.2) is 0 Å². The number of aliphatic hydroxyl groups is 1. The van der Waals surface area contributed by atoms with E-state index >= 15 is 0 Å². The van der Waals surface area contributed by atoms with E-state index in [1.807, 2.05) is 0 Å². The summed E-state index contributed by atoms with van der Waals surface area (Å²) in [6.07, 6.45) is -2.30. The first-order chi connectivity index (χ1) is 3.55. The Morgan fingerprint density at radius 1 is 1.11 bits per heavy atom. The summed E-state index contributed by atoms with van der Waals surface area (Å²) >= 11 is 0. The molecule has 3 N–H and O–H groups in total. The first-order valence-corrected chi connectivity index (χ1v) is 1.69. The summed E-state index contributed by atoms with van der Waals surface area (Å²) in [6, 6.07) is 0. The molecule has 0 aromatic heterocycles. The number of carbonyl (C=O) groups is 2. The summed E-state index contributed by atoms with van der Waals surface area (Å²) < 4.78 is 0. The number of carboxylic acid groups (broad SMARTS) is 2. The van der Waals surface area contributed by atoms with Crippen molar-refractivity contribution < 1.29 is 42.0 Å². The fourth-order valence-electron chi connectivity index (χ4n) is 0.106. The molecule has 0 saturated heterocycles. The summed E-state index contributed by atoms with van der Waals surface area (Å²) in [5.74, 6) is -3.50. The number of rotatable bonds is 2. The molecule has 0 aliphatic heterocycles. The van der Waals surface area contributed by atoms with Crippen LogP contribution in [0.25, 0.3) is 0 Å². The second-order valence-electron chi connectivity index (χ2n) is 1.08. The quantitative estimate of drug-likeness (QED) is 0.351. The fourth-order valence-corrected chi connectivity index (χ4v) is 0.106. The Kier molecular flexibility index (Phi) is 5.39. The van der Waals surface area contributed by atoms with Gasteiger partial charge in [0.25, 0.3) is 0 Å². The van der Waals surface area contributed by atoms with Crippen molar-refractivity contribution in [1.29, 1.82) is 0 Å². The van der Waals surface area contributed by atoms with Crippen molar-refractivity contribution >= 4 is 11.9 Å². The molecule has 0 aromatic rings. The molecule has 0 rings (SSSR count). The van der Waals surface area contributed by atoms with Crippen molar-refractivity contribution in [3.05, 3.63) is 0 Å². The normalized spacial score (nSPS) is 8.22. The van der Waals surface area contributed by atoms with Gasteiger partial charge in [-0.25, -0.2) is 9.59 Å². The molecule has 0 atom stereocenters. The van der Waals surface area contributed by atoms with E-state index in [0.29, 0.717) is 0 Å². The predicted octanol–water partition coefficient (Wildman–Crippen LogP) is -1.49. The van der Waals surface area contributed by atoms with Crippen LogP contribution in [0.4, 0.5) is 0 Å². The van der Waals surface area contributed by atoms with Crippen LogP contribution in [-0.4, -0.2) is 33.4 Å². The van der Waals surface area contributed by atoms with Gasteiger partial charge in [-0.15, -0.1) is 0 Å². The fraction of sp³-hybridized carbons (Fsp3) is 0.333. The summed E-state index contributed by atoms with van der Waals surface area (Å²) in [4.78, 5) is 19.0. The topological polar surface area (TPSA) is 94.8 Å². The van der Waals surface area contributed by atoms with E-state index < -0.39 is 18.0 Å². The van der Waals surface area contributed by atoms with E-state index in [0.717, 1.165) is 0 Å². The first-order valence-electron chi connectivity index (χ1n) is 1.69. The Morgan fingerprint density at radius 3 is 1.33 bits per heavy atom. The molecule has 0 saturated carbocycles. The molecule has 53 valence electrons. The maximum Gasteiger partial charge on any atom is 0.344 e.